The van der Waals surface area contributed by atoms with Crippen molar-refractivity contribution in [1.82, 2.24) is 4.90 Å². The van der Waals surface area contributed by atoms with Gasteiger partial charge in [0, 0.05) is 37.6 Å². The van der Waals surface area contributed by atoms with Crippen LogP contribution in [-0.4, -0.2) is 42.9 Å². The van der Waals surface area contributed by atoms with E-state index in [1.54, 1.807) is 4.90 Å². The second kappa shape index (κ2) is 10.2. The molecule has 26 heavy (non-hydrogen) atoms. The molecule has 0 bridgehead atoms. The van der Waals surface area contributed by atoms with Crippen molar-refractivity contribution in [3.8, 4) is 0 Å². The Labute approximate surface area is 157 Å². The maximum atomic E-state index is 12.3. The molecule has 5 heteroatoms. The summed E-state index contributed by atoms with van der Waals surface area (Å²) < 4.78 is 0. The Hall–Kier alpha value is -2.04. The van der Waals surface area contributed by atoms with E-state index in [4.69, 9.17) is 0 Å². The number of hydrogen-bond donors (Lipinski definition) is 1. The van der Waals surface area contributed by atoms with E-state index in [1.165, 1.54) is 18.5 Å². The molecule has 0 aliphatic carbocycles. The van der Waals surface area contributed by atoms with Gasteiger partial charge in [0.2, 0.25) is 11.8 Å². The van der Waals surface area contributed by atoms with E-state index >= 15 is 0 Å². The average molecular weight is 360 g/mol. The van der Waals surface area contributed by atoms with E-state index in [2.05, 4.69) is 17.1 Å². The molecular formula is C21H33N3O2. The standard InChI is InChI=1S/C21H33N3O2/c1-4-12-24(13-5-2)21(26)16-20(25)22-18-6-8-19(9-7-18)23-14-10-17(3)11-15-23/h6-9,17H,4-5,10-16H2,1-3H3,(H,22,25). The van der Waals surface area contributed by atoms with Gasteiger partial charge in [0.05, 0.1) is 0 Å². The third-order valence-electron chi connectivity index (χ3n) is 4.95. The highest BCUT2D eigenvalue weighted by molar-refractivity contribution is 6.03. The smallest absolute Gasteiger partial charge is 0.233 e. The van der Waals surface area contributed by atoms with Crippen LogP contribution in [0.4, 0.5) is 11.4 Å². The summed E-state index contributed by atoms with van der Waals surface area (Å²) in [4.78, 5) is 28.6. The van der Waals surface area contributed by atoms with E-state index < -0.39 is 0 Å². The minimum absolute atomic E-state index is 0.0915. The van der Waals surface area contributed by atoms with Crippen molar-refractivity contribution >= 4 is 23.2 Å². The van der Waals surface area contributed by atoms with Gasteiger partial charge in [0.15, 0.2) is 0 Å². The minimum Gasteiger partial charge on any atom is -0.372 e. The number of rotatable bonds is 8. The van der Waals surface area contributed by atoms with Crippen molar-refractivity contribution in [3.63, 3.8) is 0 Å². The highest BCUT2D eigenvalue weighted by Gasteiger charge is 2.17. The number of benzene rings is 1. The summed E-state index contributed by atoms with van der Waals surface area (Å²) >= 11 is 0. The van der Waals surface area contributed by atoms with Crippen molar-refractivity contribution < 1.29 is 9.59 Å². The first kappa shape index (κ1) is 20.3. The van der Waals surface area contributed by atoms with Gasteiger partial charge >= 0.3 is 0 Å². The van der Waals surface area contributed by atoms with Gasteiger partial charge in [-0.2, -0.15) is 0 Å². The maximum Gasteiger partial charge on any atom is 0.233 e. The predicted octanol–water partition coefficient (Wildman–Crippen LogP) is 3.90. The van der Waals surface area contributed by atoms with Gasteiger partial charge in [-0.3, -0.25) is 9.59 Å². The molecule has 1 N–H and O–H groups in total. The van der Waals surface area contributed by atoms with Crippen LogP contribution in [0, 0.1) is 5.92 Å². The molecule has 2 amide bonds. The quantitative estimate of drug-likeness (QED) is 0.716. The van der Waals surface area contributed by atoms with Gasteiger partial charge in [-0.15, -0.1) is 0 Å². The first-order valence-corrected chi connectivity index (χ1v) is 9.96. The number of carbonyl (C=O) groups is 2. The van der Waals surface area contributed by atoms with E-state index in [0.29, 0.717) is 13.1 Å². The normalized spacial score (nSPS) is 15.0. The van der Waals surface area contributed by atoms with Crippen LogP contribution < -0.4 is 10.2 Å². The molecule has 1 aliphatic rings. The number of amides is 2. The van der Waals surface area contributed by atoms with Gasteiger partial charge in [0.25, 0.3) is 0 Å². The molecule has 0 saturated carbocycles. The van der Waals surface area contributed by atoms with Crippen molar-refractivity contribution in [2.75, 3.05) is 36.4 Å². The number of piperidine rings is 1. The number of nitrogens with zero attached hydrogens (tertiary/aromatic N) is 2. The van der Waals surface area contributed by atoms with Crippen molar-refractivity contribution in [3.05, 3.63) is 24.3 Å². The third-order valence-corrected chi connectivity index (χ3v) is 4.95. The van der Waals surface area contributed by atoms with E-state index in [-0.39, 0.29) is 18.2 Å². The summed E-state index contributed by atoms with van der Waals surface area (Å²) in [5.41, 5.74) is 1.94. The summed E-state index contributed by atoms with van der Waals surface area (Å²) in [6.07, 6.45) is 4.18. The molecule has 144 valence electrons. The zero-order valence-corrected chi connectivity index (χ0v) is 16.5. The second-order valence-corrected chi connectivity index (χ2v) is 7.32. The monoisotopic (exact) mass is 359 g/mol. The van der Waals surface area contributed by atoms with Crippen LogP contribution >= 0.6 is 0 Å². The summed E-state index contributed by atoms with van der Waals surface area (Å²) in [5.74, 6) is 0.472. The number of nitrogens with one attached hydrogen (secondary N) is 1. The Morgan fingerprint density at radius 2 is 1.65 bits per heavy atom. The van der Waals surface area contributed by atoms with Crippen LogP contribution in [0.15, 0.2) is 24.3 Å². The van der Waals surface area contributed by atoms with Gasteiger partial charge in [-0.1, -0.05) is 20.8 Å². The van der Waals surface area contributed by atoms with Crippen LogP contribution in [0.1, 0.15) is 52.9 Å². The van der Waals surface area contributed by atoms with E-state index in [1.807, 2.05) is 38.1 Å². The second-order valence-electron chi connectivity index (χ2n) is 7.32. The predicted molar refractivity (Wildman–Crippen MR) is 107 cm³/mol. The lowest BCUT2D eigenvalue weighted by atomic mass is 9.99. The molecule has 1 aromatic rings. The highest BCUT2D eigenvalue weighted by Crippen LogP contribution is 2.24. The fourth-order valence-electron chi connectivity index (χ4n) is 3.38. The van der Waals surface area contributed by atoms with Crippen LogP contribution in [-0.2, 0) is 9.59 Å². The lowest BCUT2D eigenvalue weighted by molar-refractivity contribution is -0.134. The minimum atomic E-state index is -0.244. The van der Waals surface area contributed by atoms with Crippen LogP contribution in [0.3, 0.4) is 0 Å². The molecule has 1 aromatic carbocycles. The molecule has 1 aliphatic heterocycles. The van der Waals surface area contributed by atoms with Gasteiger partial charge in [-0.25, -0.2) is 0 Å². The van der Waals surface area contributed by atoms with Gasteiger partial charge in [0.1, 0.15) is 6.42 Å². The lowest BCUT2D eigenvalue weighted by Gasteiger charge is -2.32. The zero-order valence-electron chi connectivity index (χ0n) is 16.5. The fraction of sp³-hybridized carbons (Fsp3) is 0.619. The van der Waals surface area contributed by atoms with Crippen molar-refractivity contribution in [2.24, 2.45) is 5.92 Å². The summed E-state index contributed by atoms with van der Waals surface area (Å²) in [7, 11) is 0. The molecule has 0 aromatic heterocycles. The Balaban J connectivity index is 1.85. The molecule has 5 nitrogen and oxygen atoms in total. The average Bonchev–Trinajstić information content (AvgIpc) is 2.63. The molecule has 0 atom stereocenters. The summed E-state index contributed by atoms with van der Waals surface area (Å²) in [6, 6.07) is 7.94. The topological polar surface area (TPSA) is 52.7 Å². The molecule has 1 heterocycles. The van der Waals surface area contributed by atoms with Crippen LogP contribution in [0.25, 0.3) is 0 Å². The summed E-state index contributed by atoms with van der Waals surface area (Å²) in [6.45, 7) is 9.99. The third kappa shape index (κ3) is 6.04. The zero-order chi connectivity index (χ0) is 18.9. The molecule has 1 fully saturated rings. The first-order chi connectivity index (χ1) is 12.5. The Kier molecular flexibility index (Phi) is 7.95. The Morgan fingerprint density at radius 3 is 2.19 bits per heavy atom. The molecular weight excluding hydrogens is 326 g/mol. The number of hydrogen-bond acceptors (Lipinski definition) is 3. The molecule has 0 radical (unpaired) electrons. The van der Waals surface area contributed by atoms with E-state index in [0.717, 1.165) is 37.5 Å². The Morgan fingerprint density at radius 1 is 1.08 bits per heavy atom. The van der Waals surface area contributed by atoms with Crippen LogP contribution in [0.5, 0.6) is 0 Å². The van der Waals surface area contributed by atoms with Crippen LogP contribution in [0.2, 0.25) is 0 Å². The van der Waals surface area contributed by atoms with Crippen molar-refractivity contribution in [1.29, 1.82) is 0 Å². The number of anilines is 2. The summed E-state index contributed by atoms with van der Waals surface area (Å²) in [5, 5.41) is 2.84. The fourth-order valence-corrected chi connectivity index (χ4v) is 3.38. The molecule has 0 unspecified atom stereocenters. The SMILES string of the molecule is CCCN(CCC)C(=O)CC(=O)Nc1ccc(N2CCC(C)CC2)cc1. The van der Waals surface area contributed by atoms with Crippen molar-refractivity contribution in [2.45, 2.75) is 52.9 Å². The number of carbonyl (C=O) groups excluding carboxylic acids is 2. The largest absolute Gasteiger partial charge is 0.372 e. The van der Waals surface area contributed by atoms with Gasteiger partial charge in [-0.05, 0) is 55.9 Å². The molecule has 2 rings (SSSR count). The first-order valence-electron chi connectivity index (χ1n) is 9.96. The Bertz CT molecular complexity index is 571. The molecule has 0 spiro atoms. The lowest BCUT2D eigenvalue weighted by Crippen LogP contribution is -2.35. The van der Waals surface area contributed by atoms with Gasteiger partial charge < -0.3 is 15.1 Å². The highest BCUT2D eigenvalue weighted by atomic mass is 16.2. The van der Waals surface area contributed by atoms with E-state index in [9.17, 15) is 9.59 Å². The maximum absolute atomic E-state index is 12.3. The molecule has 1 saturated heterocycles.